The number of halogens is 1. The smallest absolute Gasteiger partial charge is 0.244 e. The topological polar surface area (TPSA) is 68.0 Å². The van der Waals surface area contributed by atoms with Gasteiger partial charge in [-0.05, 0) is 30.5 Å². The van der Waals surface area contributed by atoms with Gasteiger partial charge in [0.05, 0.1) is 12.2 Å². The standard InChI is InChI=1S/C16H20BrN3OS/c1-10(2)13-9-22-14(20-13)8-19-15(21)16(3,18)11-4-6-12(17)7-5-11/h4-7,9-10H,8,18H2,1-3H3,(H,19,21). The van der Waals surface area contributed by atoms with Crippen LogP contribution in [-0.2, 0) is 16.9 Å². The first-order valence-electron chi connectivity index (χ1n) is 7.08. The summed E-state index contributed by atoms with van der Waals surface area (Å²) in [6, 6.07) is 7.46. The predicted molar refractivity (Wildman–Crippen MR) is 93.7 cm³/mol. The van der Waals surface area contributed by atoms with E-state index in [-0.39, 0.29) is 5.91 Å². The van der Waals surface area contributed by atoms with Gasteiger partial charge < -0.3 is 11.1 Å². The predicted octanol–water partition coefficient (Wildman–Crippen LogP) is 3.52. The molecule has 1 amide bonds. The number of nitrogens with one attached hydrogen (secondary N) is 1. The maximum absolute atomic E-state index is 12.4. The SMILES string of the molecule is CC(C)c1csc(CNC(=O)C(C)(N)c2ccc(Br)cc2)n1. The van der Waals surface area contributed by atoms with E-state index in [1.54, 1.807) is 18.3 Å². The number of carbonyl (C=O) groups is 1. The van der Waals surface area contributed by atoms with E-state index >= 15 is 0 Å². The number of hydrogen-bond donors (Lipinski definition) is 2. The Bertz CT molecular complexity index is 650. The first kappa shape index (κ1) is 17.1. The zero-order valence-corrected chi connectivity index (χ0v) is 15.3. The molecule has 1 atom stereocenters. The molecule has 0 bridgehead atoms. The lowest BCUT2D eigenvalue weighted by Gasteiger charge is -2.24. The van der Waals surface area contributed by atoms with E-state index in [0.29, 0.717) is 12.5 Å². The highest BCUT2D eigenvalue weighted by molar-refractivity contribution is 9.10. The van der Waals surface area contributed by atoms with E-state index in [2.05, 4.69) is 40.1 Å². The van der Waals surface area contributed by atoms with E-state index in [4.69, 9.17) is 5.73 Å². The minimum absolute atomic E-state index is 0.212. The van der Waals surface area contributed by atoms with E-state index in [1.807, 2.05) is 29.6 Å². The van der Waals surface area contributed by atoms with Crippen molar-refractivity contribution >= 4 is 33.2 Å². The first-order valence-corrected chi connectivity index (χ1v) is 8.75. The van der Waals surface area contributed by atoms with Crippen LogP contribution in [0, 0.1) is 0 Å². The Balaban J connectivity index is 2.02. The Hall–Kier alpha value is -1.24. The van der Waals surface area contributed by atoms with Gasteiger partial charge in [0.15, 0.2) is 0 Å². The van der Waals surface area contributed by atoms with Crippen molar-refractivity contribution in [3.63, 3.8) is 0 Å². The molecule has 22 heavy (non-hydrogen) atoms. The maximum Gasteiger partial charge on any atom is 0.244 e. The van der Waals surface area contributed by atoms with Gasteiger partial charge in [0.25, 0.3) is 0 Å². The van der Waals surface area contributed by atoms with E-state index < -0.39 is 5.54 Å². The molecular formula is C16H20BrN3OS. The summed E-state index contributed by atoms with van der Waals surface area (Å²) in [6.07, 6.45) is 0. The molecule has 0 saturated carbocycles. The van der Waals surface area contributed by atoms with Crippen LogP contribution >= 0.6 is 27.3 Å². The second kappa shape index (κ2) is 6.89. The summed E-state index contributed by atoms with van der Waals surface area (Å²) < 4.78 is 0.955. The summed E-state index contributed by atoms with van der Waals surface area (Å²) in [4.78, 5) is 16.9. The Morgan fingerprint density at radius 2 is 2.05 bits per heavy atom. The van der Waals surface area contributed by atoms with Crippen LogP contribution in [0.2, 0.25) is 0 Å². The molecule has 1 aromatic heterocycles. The monoisotopic (exact) mass is 381 g/mol. The number of carbonyl (C=O) groups excluding carboxylic acids is 1. The highest BCUT2D eigenvalue weighted by Crippen LogP contribution is 2.21. The molecular weight excluding hydrogens is 362 g/mol. The van der Waals surface area contributed by atoms with Crippen LogP contribution in [-0.4, -0.2) is 10.9 Å². The second-order valence-corrected chi connectivity index (χ2v) is 7.57. The summed E-state index contributed by atoms with van der Waals surface area (Å²) in [5.41, 5.74) is 6.96. The molecule has 1 aromatic carbocycles. The fraction of sp³-hybridized carbons (Fsp3) is 0.375. The van der Waals surface area contributed by atoms with Crippen LogP contribution in [0.5, 0.6) is 0 Å². The molecule has 0 aliphatic carbocycles. The van der Waals surface area contributed by atoms with Gasteiger partial charge in [-0.25, -0.2) is 4.98 Å². The summed E-state index contributed by atoms with van der Waals surface area (Å²) in [7, 11) is 0. The van der Waals surface area contributed by atoms with Crippen LogP contribution in [0.4, 0.5) is 0 Å². The Kier molecular flexibility index (Phi) is 5.36. The van der Waals surface area contributed by atoms with Gasteiger partial charge in [-0.2, -0.15) is 0 Å². The van der Waals surface area contributed by atoms with Crippen LogP contribution in [0.25, 0.3) is 0 Å². The average Bonchev–Trinajstić information content (AvgIpc) is 2.94. The molecule has 0 aliphatic rings. The lowest BCUT2D eigenvalue weighted by Crippen LogP contribution is -2.48. The quantitative estimate of drug-likeness (QED) is 0.832. The number of thiazole rings is 1. The van der Waals surface area contributed by atoms with Crippen LogP contribution < -0.4 is 11.1 Å². The van der Waals surface area contributed by atoms with Crippen LogP contribution in [0.15, 0.2) is 34.1 Å². The van der Waals surface area contributed by atoms with Gasteiger partial charge in [0.1, 0.15) is 10.5 Å². The third-order valence-electron chi connectivity index (χ3n) is 3.48. The molecule has 0 spiro atoms. The molecule has 0 fully saturated rings. The minimum atomic E-state index is -1.07. The van der Waals surface area contributed by atoms with Crippen molar-refractivity contribution in [2.75, 3.05) is 0 Å². The van der Waals surface area contributed by atoms with Gasteiger partial charge in [0, 0.05) is 9.85 Å². The van der Waals surface area contributed by atoms with Crippen molar-refractivity contribution in [2.45, 2.75) is 38.8 Å². The third kappa shape index (κ3) is 3.94. The van der Waals surface area contributed by atoms with Crippen molar-refractivity contribution in [1.29, 1.82) is 0 Å². The molecule has 118 valence electrons. The van der Waals surface area contributed by atoms with Gasteiger partial charge in [0.2, 0.25) is 5.91 Å². The van der Waals surface area contributed by atoms with E-state index in [1.165, 1.54) is 0 Å². The molecule has 4 nitrogen and oxygen atoms in total. The molecule has 0 aliphatic heterocycles. The average molecular weight is 382 g/mol. The molecule has 1 unspecified atom stereocenters. The largest absolute Gasteiger partial charge is 0.348 e. The number of aromatic nitrogens is 1. The fourth-order valence-electron chi connectivity index (χ4n) is 1.94. The van der Waals surface area contributed by atoms with Crippen LogP contribution in [0.1, 0.15) is 43.0 Å². The van der Waals surface area contributed by atoms with Gasteiger partial charge >= 0.3 is 0 Å². The van der Waals surface area contributed by atoms with E-state index in [0.717, 1.165) is 20.7 Å². The number of hydrogen-bond acceptors (Lipinski definition) is 4. The molecule has 3 N–H and O–H groups in total. The number of nitrogens with zero attached hydrogens (tertiary/aromatic N) is 1. The first-order chi connectivity index (χ1) is 10.3. The molecule has 1 heterocycles. The van der Waals surface area contributed by atoms with Crippen LogP contribution in [0.3, 0.4) is 0 Å². The van der Waals surface area contributed by atoms with Crippen molar-refractivity contribution in [2.24, 2.45) is 5.73 Å². The third-order valence-corrected chi connectivity index (χ3v) is 4.87. The fourth-order valence-corrected chi connectivity index (χ4v) is 3.10. The van der Waals surface area contributed by atoms with Gasteiger partial charge in [-0.1, -0.05) is 41.9 Å². The van der Waals surface area contributed by atoms with Crippen molar-refractivity contribution in [3.05, 3.63) is 50.4 Å². The lowest BCUT2D eigenvalue weighted by molar-refractivity contribution is -0.126. The highest BCUT2D eigenvalue weighted by atomic mass is 79.9. The zero-order chi connectivity index (χ0) is 16.3. The number of rotatable bonds is 5. The molecule has 2 aromatic rings. The number of amides is 1. The normalized spacial score (nSPS) is 13.9. The zero-order valence-electron chi connectivity index (χ0n) is 12.9. The van der Waals surface area contributed by atoms with Crippen molar-refractivity contribution < 1.29 is 4.79 Å². The maximum atomic E-state index is 12.4. The molecule has 0 radical (unpaired) electrons. The van der Waals surface area contributed by atoms with Gasteiger partial charge in [-0.3, -0.25) is 4.79 Å². The lowest BCUT2D eigenvalue weighted by atomic mass is 9.92. The van der Waals surface area contributed by atoms with Crippen molar-refractivity contribution in [3.8, 4) is 0 Å². The summed E-state index contributed by atoms with van der Waals surface area (Å²) in [5.74, 6) is 0.180. The molecule has 6 heteroatoms. The Morgan fingerprint density at radius 1 is 1.41 bits per heavy atom. The highest BCUT2D eigenvalue weighted by Gasteiger charge is 2.30. The Labute approximate surface area is 143 Å². The van der Waals surface area contributed by atoms with Crippen molar-refractivity contribution in [1.82, 2.24) is 10.3 Å². The summed E-state index contributed by atoms with van der Waals surface area (Å²) in [6.45, 7) is 6.32. The summed E-state index contributed by atoms with van der Waals surface area (Å²) >= 11 is 4.93. The Morgan fingerprint density at radius 3 is 2.59 bits per heavy atom. The van der Waals surface area contributed by atoms with E-state index in [9.17, 15) is 4.79 Å². The second-order valence-electron chi connectivity index (χ2n) is 5.71. The number of nitrogens with two attached hydrogens (primary N) is 1. The molecule has 2 rings (SSSR count). The minimum Gasteiger partial charge on any atom is -0.348 e. The summed E-state index contributed by atoms with van der Waals surface area (Å²) in [5, 5.41) is 5.80. The number of benzene rings is 1. The van der Waals surface area contributed by atoms with Gasteiger partial charge in [-0.15, -0.1) is 11.3 Å². The molecule has 0 saturated heterocycles.